The maximum Gasteiger partial charge on any atom is 0.0207 e. The van der Waals surface area contributed by atoms with E-state index in [-0.39, 0.29) is 0 Å². The van der Waals surface area contributed by atoms with Crippen LogP contribution in [0.15, 0.2) is 28.7 Å². The number of nitrogens with zero attached hydrogens (tertiary/aromatic N) is 1. The van der Waals surface area contributed by atoms with Crippen molar-refractivity contribution in [3.8, 4) is 0 Å². The zero-order valence-corrected chi connectivity index (χ0v) is 11.1. The molecule has 0 amide bonds. The van der Waals surface area contributed by atoms with Crippen LogP contribution in [0.1, 0.15) is 24.8 Å². The Morgan fingerprint density at radius 3 is 2.81 bits per heavy atom. The molecule has 2 aliphatic rings. The second-order valence-corrected chi connectivity index (χ2v) is 6.02. The maximum atomic E-state index is 3.63. The van der Waals surface area contributed by atoms with Crippen molar-refractivity contribution in [3.05, 3.63) is 34.3 Å². The van der Waals surface area contributed by atoms with Gasteiger partial charge in [-0.15, -0.1) is 0 Å². The Balaban J connectivity index is 1.59. The number of rotatable bonds is 3. The molecule has 2 unspecified atom stereocenters. The zero-order chi connectivity index (χ0) is 11.0. The topological polar surface area (TPSA) is 3.24 Å². The van der Waals surface area contributed by atoms with E-state index in [4.69, 9.17) is 0 Å². The quantitative estimate of drug-likeness (QED) is 0.819. The minimum absolute atomic E-state index is 0.910. The van der Waals surface area contributed by atoms with Gasteiger partial charge in [-0.1, -0.05) is 34.1 Å². The van der Waals surface area contributed by atoms with Gasteiger partial charge in [0.25, 0.3) is 0 Å². The number of fused-ring (bicyclic) bond motifs is 2. The molecule has 1 aromatic rings. The fourth-order valence-electron chi connectivity index (χ4n) is 3.27. The fourth-order valence-corrected chi connectivity index (χ4v) is 3.75. The molecular weight excluding hydrogens is 262 g/mol. The van der Waals surface area contributed by atoms with E-state index in [1.54, 1.807) is 0 Å². The van der Waals surface area contributed by atoms with Gasteiger partial charge in [0.15, 0.2) is 0 Å². The van der Waals surface area contributed by atoms with Crippen molar-refractivity contribution in [3.63, 3.8) is 0 Å². The summed E-state index contributed by atoms with van der Waals surface area (Å²) in [7, 11) is 0. The number of hydrogen-bond acceptors (Lipinski definition) is 1. The third-order valence-electron chi connectivity index (χ3n) is 4.15. The molecule has 0 N–H and O–H groups in total. The van der Waals surface area contributed by atoms with Crippen LogP contribution in [-0.4, -0.2) is 24.0 Å². The monoisotopic (exact) mass is 279 g/mol. The molecule has 2 atom stereocenters. The van der Waals surface area contributed by atoms with Crippen molar-refractivity contribution >= 4 is 15.9 Å². The predicted octanol–water partition coefficient (Wildman–Crippen LogP) is 3.48. The Labute approximate surface area is 106 Å². The van der Waals surface area contributed by atoms with Crippen LogP contribution < -0.4 is 0 Å². The van der Waals surface area contributed by atoms with Crippen LogP contribution in [0.25, 0.3) is 0 Å². The lowest BCUT2D eigenvalue weighted by Gasteiger charge is -2.26. The molecule has 1 heterocycles. The smallest absolute Gasteiger partial charge is 0.0207 e. The van der Waals surface area contributed by atoms with Crippen molar-refractivity contribution < 1.29 is 0 Å². The summed E-state index contributed by atoms with van der Waals surface area (Å²) < 4.78 is 1.26. The van der Waals surface area contributed by atoms with Crippen molar-refractivity contribution in [2.24, 2.45) is 5.92 Å². The second-order valence-electron chi connectivity index (χ2n) is 5.17. The van der Waals surface area contributed by atoms with E-state index in [1.165, 1.54) is 48.8 Å². The summed E-state index contributed by atoms with van der Waals surface area (Å²) in [5, 5.41) is 0. The normalized spacial score (nSPS) is 28.8. The van der Waals surface area contributed by atoms with E-state index in [0.717, 1.165) is 12.0 Å². The first kappa shape index (κ1) is 10.8. The summed E-state index contributed by atoms with van der Waals surface area (Å²) in [5.74, 6) is 1.02. The minimum Gasteiger partial charge on any atom is -0.300 e. The molecule has 1 nitrogen and oxygen atoms in total. The Morgan fingerprint density at radius 1 is 1.25 bits per heavy atom. The predicted molar refractivity (Wildman–Crippen MR) is 70.5 cm³/mol. The summed E-state index contributed by atoms with van der Waals surface area (Å²) in [6.07, 6.45) is 5.58. The molecule has 1 saturated carbocycles. The molecule has 0 aromatic heterocycles. The van der Waals surface area contributed by atoms with Crippen LogP contribution in [0.2, 0.25) is 0 Å². The van der Waals surface area contributed by atoms with Gasteiger partial charge in [0.05, 0.1) is 0 Å². The summed E-state index contributed by atoms with van der Waals surface area (Å²) in [4.78, 5) is 2.70. The Hall–Kier alpha value is -0.340. The third kappa shape index (κ3) is 2.05. The fraction of sp³-hybridized carbons (Fsp3) is 0.571. The SMILES string of the molecule is Brc1ccccc1CCN1CC2CCC1C2. The molecule has 2 fully saturated rings. The number of benzene rings is 1. The van der Waals surface area contributed by atoms with Crippen LogP contribution in [-0.2, 0) is 6.42 Å². The minimum atomic E-state index is 0.910. The van der Waals surface area contributed by atoms with Gasteiger partial charge in [0.2, 0.25) is 0 Å². The molecular formula is C14H18BrN. The number of likely N-dealkylation sites (tertiary alicyclic amines) is 1. The van der Waals surface area contributed by atoms with Crippen LogP contribution in [0, 0.1) is 5.92 Å². The van der Waals surface area contributed by atoms with Gasteiger partial charge in [0, 0.05) is 23.6 Å². The summed E-state index contributed by atoms with van der Waals surface area (Å²) in [5.41, 5.74) is 1.45. The highest BCUT2D eigenvalue weighted by atomic mass is 79.9. The Morgan fingerprint density at radius 2 is 2.12 bits per heavy atom. The number of piperidine rings is 1. The molecule has 2 heteroatoms. The Kier molecular flexibility index (Phi) is 3.03. The summed E-state index contributed by atoms with van der Waals surface area (Å²) in [6, 6.07) is 9.51. The van der Waals surface area contributed by atoms with Crippen LogP contribution in [0.5, 0.6) is 0 Å². The highest BCUT2D eigenvalue weighted by Crippen LogP contribution is 2.37. The Bertz CT molecular complexity index is 377. The van der Waals surface area contributed by atoms with Gasteiger partial charge in [-0.3, -0.25) is 4.90 Å². The van der Waals surface area contributed by atoms with Gasteiger partial charge in [0.1, 0.15) is 0 Å². The molecule has 2 bridgehead atoms. The van der Waals surface area contributed by atoms with Gasteiger partial charge in [-0.05, 0) is 43.2 Å². The lowest BCUT2D eigenvalue weighted by atomic mass is 10.1. The van der Waals surface area contributed by atoms with Crippen molar-refractivity contribution in [2.45, 2.75) is 31.7 Å². The largest absolute Gasteiger partial charge is 0.300 e. The summed E-state index contributed by atoms with van der Waals surface area (Å²) in [6.45, 7) is 2.60. The van der Waals surface area contributed by atoms with Crippen molar-refractivity contribution in [2.75, 3.05) is 13.1 Å². The highest BCUT2D eigenvalue weighted by molar-refractivity contribution is 9.10. The van der Waals surface area contributed by atoms with E-state index in [2.05, 4.69) is 45.1 Å². The summed E-state index contributed by atoms with van der Waals surface area (Å²) >= 11 is 3.63. The molecule has 1 saturated heterocycles. The standard InChI is InChI=1S/C14H18BrN/c15-14-4-2-1-3-12(14)7-8-16-10-11-5-6-13(16)9-11/h1-4,11,13H,5-10H2. The van der Waals surface area contributed by atoms with Crippen molar-refractivity contribution in [1.82, 2.24) is 4.90 Å². The maximum absolute atomic E-state index is 3.63. The molecule has 0 spiro atoms. The molecule has 86 valence electrons. The van der Waals surface area contributed by atoms with E-state index < -0.39 is 0 Å². The zero-order valence-electron chi connectivity index (χ0n) is 9.53. The highest BCUT2D eigenvalue weighted by Gasteiger charge is 2.37. The molecule has 3 rings (SSSR count). The average molecular weight is 280 g/mol. The first-order chi connectivity index (χ1) is 7.83. The molecule has 1 aromatic carbocycles. The van der Waals surface area contributed by atoms with Crippen LogP contribution >= 0.6 is 15.9 Å². The van der Waals surface area contributed by atoms with Crippen molar-refractivity contribution in [1.29, 1.82) is 0 Å². The lowest BCUT2D eigenvalue weighted by Crippen LogP contribution is -2.33. The first-order valence-electron chi connectivity index (χ1n) is 6.30. The van der Waals surface area contributed by atoms with Crippen LogP contribution in [0.3, 0.4) is 0 Å². The van der Waals surface area contributed by atoms with E-state index >= 15 is 0 Å². The molecule has 0 radical (unpaired) electrons. The van der Waals surface area contributed by atoms with Gasteiger partial charge >= 0.3 is 0 Å². The second kappa shape index (κ2) is 4.50. The third-order valence-corrected chi connectivity index (χ3v) is 4.92. The van der Waals surface area contributed by atoms with Gasteiger partial charge < -0.3 is 0 Å². The molecule has 16 heavy (non-hydrogen) atoms. The number of hydrogen-bond donors (Lipinski definition) is 0. The first-order valence-corrected chi connectivity index (χ1v) is 7.09. The van der Waals surface area contributed by atoms with E-state index in [0.29, 0.717) is 0 Å². The van der Waals surface area contributed by atoms with Gasteiger partial charge in [-0.25, -0.2) is 0 Å². The average Bonchev–Trinajstić information content (AvgIpc) is 2.90. The van der Waals surface area contributed by atoms with E-state index in [1.807, 2.05) is 0 Å². The number of halogens is 1. The lowest BCUT2D eigenvalue weighted by molar-refractivity contribution is 0.216. The molecule has 1 aliphatic carbocycles. The van der Waals surface area contributed by atoms with E-state index in [9.17, 15) is 0 Å². The molecule has 1 aliphatic heterocycles. The van der Waals surface area contributed by atoms with Gasteiger partial charge in [-0.2, -0.15) is 0 Å². The van der Waals surface area contributed by atoms with Crippen LogP contribution in [0.4, 0.5) is 0 Å².